The molecule has 2 aliphatic rings. The maximum atomic E-state index is 5.85. The van der Waals surface area contributed by atoms with E-state index in [1.165, 1.54) is 44.5 Å². The number of nitrogens with zero attached hydrogens (tertiary/aromatic N) is 3. The number of pyridine rings is 1. The summed E-state index contributed by atoms with van der Waals surface area (Å²) in [5.41, 5.74) is 8.05. The zero-order chi connectivity index (χ0) is 13.9. The van der Waals surface area contributed by atoms with Gasteiger partial charge in [-0.25, -0.2) is 0 Å². The maximum absolute atomic E-state index is 5.85. The van der Waals surface area contributed by atoms with Crippen LogP contribution in [0.25, 0.3) is 0 Å². The molecule has 0 radical (unpaired) electrons. The molecule has 2 N–H and O–H groups in total. The second kappa shape index (κ2) is 6.10. The van der Waals surface area contributed by atoms with Crippen molar-refractivity contribution in [3.05, 3.63) is 24.0 Å². The van der Waals surface area contributed by atoms with Crippen LogP contribution in [-0.4, -0.2) is 42.1 Å². The van der Waals surface area contributed by atoms with Crippen LogP contribution in [0.5, 0.6) is 0 Å². The second-order valence-electron chi connectivity index (χ2n) is 6.19. The van der Waals surface area contributed by atoms with Crippen molar-refractivity contribution in [3.8, 4) is 0 Å². The van der Waals surface area contributed by atoms with Crippen LogP contribution in [0.2, 0.25) is 0 Å². The molecule has 1 atom stereocenters. The molecule has 0 amide bonds. The number of anilines is 1. The Morgan fingerprint density at radius 2 is 1.85 bits per heavy atom. The number of rotatable bonds is 3. The van der Waals surface area contributed by atoms with Crippen molar-refractivity contribution in [3.63, 3.8) is 0 Å². The predicted octanol–water partition coefficient (Wildman–Crippen LogP) is 2.17. The molecule has 20 heavy (non-hydrogen) atoms. The van der Waals surface area contributed by atoms with E-state index in [1.54, 1.807) is 0 Å². The lowest BCUT2D eigenvalue weighted by Crippen LogP contribution is -2.49. The minimum absolute atomic E-state index is 0.0169. The van der Waals surface area contributed by atoms with Gasteiger partial charge in [-0.3, -0.25) is 9.88 Å². The van der Waals surface area contributed by atoms with Crippen LogP contribution in [0.4, 0.5) is 5.69 Å². The molecule has 2 fully saturated rings. The monoisotopic (exact) mass is 274 g/mol. The fourth-order valence-electron chi connectivity index (χ4n) is 3.47. The minimum atomic E-state index is 0.0169. The molecule has 1 aromatic heterocycles. The first-order valence-electron chi connectivity index (χ1n) is 7.94. The van der Waals surface area contributed by atoms with Crippen LogP contribution in [0.3, 0.4) is 0 Å². The van der Waals surface area contributed by atoms with Gasteiger partial charge >= 0.3 is 0 Å². The molecule has 0 bridgehead atoms. The number of nitrogens with two attached hydrogens (primary N) is 1. The van der Waals surface area contributed by atoms with Crippen molar-refractivity contribution in [1.82, 2.24) is 9.88 Å². The Labute approximate surface area is 122 Å². The molecule has 4 heteroatoms. The van der Waals surface area contributed by atoms with E-state index in [2.05, 4.69) is 26.9 Å². The Kier molecular flexibility index (Phi) is 4.22. The fourth-order valence-corrected chi connectivity index (χ4v) is 3.47. The average Bonchev–Trinajstić information content (AvgIpc) is 3.02. The SMILES string of the molecule is C[C@H](N)c1ccc(N2CCN(C3CCCC3)CC2)cn1. The van der Waals surface area contributed by atoms with Crippen LogP contribution in [0.1, 0.15) is 44.3 Å². The lowest BCUT2D eigenvalue weighted by Gasteiger charge is -2.39. The zero-order valence-electron chi connectivity index (χ0n) is 12.5. The Morgan fingerprint density at radius 1 is 1.15 bits per heavy atom. The van der Waals surface area contributed by atoms with Gasteiger partial charge in [0.15, 0.2) is 0 Å². The second-order valence-corrected chi connectivity index (χ2v) is 6.19. The highest BCUT2D eigenvalue weighted by molar-refractivity contribution is 5.45. The summed E-state index contributed by atoms with van der Waals surface area (Å²) >= 11 is 0. The zero-order valence-corrected chi connectivity index (χ0v) is 12.5. The molecule has 2 heterocycles. The molecule has 1 aromatic rings. The van der Waals surface area contributed by atoms with Gasteiger partial charge in [0.2, 0.25) is 0 Å². The van der Waals surface area contributed by atoms with Gasteiger partial charge in [-0.1, -0.05) is 12.8 Å². The van der Waals surface area contributed by atoms with Gasteiger partial charge in [-0.05, 0) is 31.9 Å². The lowest BCUT2D eigenvalue weighted by molar-refractivity contribution is 0.187. The maximum Gasteiger partial charge on any atom is 0.0569 e. The predicted molar refractivity (Wildman–Crippen MR) is 82.9 cm³/mol. The number of piperazine rings is 1. The quantitative estimate of drug-likeness (QED) is 0.917. The smallest absolute Gasteiger partial charge is 0.0569 e. The lowest BCUT2D eigenvalue weighted by atomic mass is 10.1. The van der Waals surface area contributed by atoms with Crippen LogP contribution in [0, 0.1) is 0 Å². The van der Waals surface area contributed by atoms with Gasteiger partial charge in [-0.2, -0.15) is 0 Å². The topological polar surface area (TPSA) is 45.4 Å². The third kappa shape index (κ3) is 2.96. The summed E-state index contributed by atoms with van der Waals surface area (Å²) in [6.45, 7) is 6.60. The molecule has 3 rings (SSSR count). The van der Waals surface area contributed by atoms with Crippen molar-refractivity contribution in [2.24, 2.45) is 5.73 Å². The van der Waals surface area contributed by atoms with Crippen LogP contribution in [0.15, 0.2) is 18.3 Å². The molecule has 1 saturated carbocycles. The number of hydrogen-bond acceptors (Lipinski definition) is 4. The van der Waals surface area contributed by atoms with E-state index in [9.17, 15) is 0 Å². The third-order valence-corrected chi connectivity index (χ3v) is 4.76. The average molecular weight is 274 g/mol. The summed E-state index contributed by atoms with van der Waals surface area (Å²) in [5.74, 6) is 0. The first-order valence-corrected chi connectivity index (χ1v) is 7.94. The highest BCUT2D eigenvalue weighted by Crippen LogP contribution is 2.25. The molecular weight excluding hydrogens is 248 g/mol. The van der Waals surface area contributed by atoms with Gasteiger partial charge in [-0.15, -0.1) is 0 Å². The molecule has 0 aromatic carbocycles. The highest BCUT2D eigenvalue weighted by Gasteiger charge is 2.26. The summed E-state index contributed by atoms with van der Waals surface area (Å²) in [6, 6.07) is 5.10. The standard InChI is InChI=1S/C16H26N4/c1-13(17)16-7-6-15(12-18-16)20-10-8-19(9-11-20)14-4-2-3-5-14/h6-7,12-14H,2-5,8-11,17H2,1H3/t13-/m0/s1. The normalized spacial score (nSPS) is 23.2. The Hall–Kier alpha value is -1.13. The van der Waals surface area contributed by atoms with E-state index in [4.69, 9.17) is 5.73 Å². The molecule has 1 aliphatic carbocycles. The first kappa shape index (κ1) is 13.8. The molecule has 0 unspecified atom stereocenters. The fraction of sp³-hybridized carbons (Fsp3) is 0.688. The summed E-state index contributed by atoms with van der Waals surface area (Å²) in [5, 5.41) is 0. The van der Waals surface area contributed by atoms with E-state index < -0.39 is 0 Å². The van der Waals surface area contributed by atoms with E-state index in [0.29, 0.717) is 0 Å². The van der Waals surface area contributed by atoms with Crippen molar-refractivity contribution >= 4 is 5.69 Å². The van der Waals surface area contributed by atoms with Crippen molar-refractivity contribution in [2.75, 3.05) is 31.1 Å². The van der Waals surface area contributed by atoms with E-state index in [0.717, 1.165) is 24.8 Å². The molecule has 1 saturated heterocycles. The van der Waals surface area contributed by atoms with Gasteiger partial charge in [0.25, 0.3) is 0 Å². The molecule has 110 valence electrons. The van der Waals surface area contributed by atoms with Crippen molar-refractivity contribution in [2.45, 2.75) is 44.7 Å². The van der Waals surface area contributed by atoms with Gasteiger partial charge in [0, 0.05) is 38.3 Å². The summed E-state index contributed by atoms with van der Waals surface area (Å²) in [4.78, 5) is 9.61. The van der Waals surface area contributed by atoms with Gasteiger partial charge in [0.1, 0.15) is 0 Å². The van der Waals surface area contributed by atoms with Crippen LogP contribution >= 0.6 is 0 Å². The third-order valence-electron chi connectivity index (χ3n) is 4.76. The summed E-state index contributed by atoms with van der Waals surface area (Å²) in [6.07, 6.45) is 7.64. The van der Waals surface area contributed by atoms with Crippen molar-refractivity contribution < 1.29 is 0 Å². The minimum Gasteiger partial charge on any atom is -0.368 e. The number of aromatic nitrogens is 1. The van der Waals surface area contributed by atoms with Crippen LogP contribution < -0.4 is 10.6 Å². The molecular formula is C16H26N4. The Bertz CT molecular complexity index is 415. The van der Waals surface area contributed by atoms with E-state index in [-0.39, 0.29) is 6.04 Å². The first-order chi connectivity index (χ1) is 9.74. The summed E-state index contributed by atoms with van der Waals surface area (Å²) < 4.78 is 0. The molecule has 0 spiro atoms. The van der Waals surface area contributed by atoms with Crippen LogP contribution in [-0.2, 0) is 0 Å². The van der Waals surface area contributed by atoms with Crippen molar-refractivity contribution in [1.29, 1.82) is 0 Å². The highest BCUT2D eigenvalue weighted by atomic mass is 15.3. The molecule has 4 nitrogen and oxygen atoms in total. The Balaban J connectivity index is 1.57. The van der Waals surface area contributed by atoms with E-state index in [1.807, 2.05) is 13.1 Å². The van der Waals surface area contributed by atoms with E-state index >= 15 is 0 Å². The van der Waals surface area contributed by atoms with Gasteiger partial charge in [0.05, 0.1) is 17.6 Å². The molecule has 1 aliphatic heterocycles. The Morgan fingerprint density at radius 3 is 2.40 bits per heavy atom. The number of hydrogen-bond donors (Lipinski definition) is 1. The van der Waals surface area contributed by atoms with Gasteiger partial charge < -0.3 is 10.6 Å². The summed E-state index contributed by atoms with van der Waals surface area (Å²) in [7, 11) is 0. The largest absolute Gasteiger partial charge is 0.368 e.